The van der Waals surface area contributed by atoms with Crippen molar-refractivity contribution in [2.24, 2.45) is 14.1 Å². The number of rotatable bonds is 1. The molecule has 72 valence electrons. The van der Waals surface area contributed by atoms with Crippen molar-refractivity contribution in [3.8, 4) is 11.5 Å². The van der Waals surface area contributed by atoms with Gasteiger partial charge >= 0.3 is 6.08 Å². The number of nitrogens with zero attached hydrogens (tertiary/aromatic N) is 4. The lowest BCUT2D eigenvalue weighted by Crippen LogP contribution is -2.30. The molecule has 0 amide bonds. The monoisotopic (exact) mass is 193 g/mol. The normalized spacial score (nSPS) is 10.5. The van der Waals surface area contributed by atoms with Gasteiger partial charge in [-0.3, -0.25) is 0 Å². The fourth-order valence-corrected chi connectivity index (χ4v) is 1.33. The van der Waals surface area contributed by atoms with Crippen molar-refractivity contribution >= 4 is 0 Å². The summed E-state index contributed by atoms with van der Waals surface area (Å²) in [6.45, 7) is 0. The van der Waals surface area contributed by atoms with E-state index in [1.807, 2.05) is 36.0 Å². The first-order valence-electron chi connectivity index (χ1n) is 4.20. The summed E-state index contributed by atoms with van der Waals surface area (Å²) in [6, 6.07) is 5.64. The highest BCUT2D eigenvalue weighted by Crippen LogP contribution is 2.10. The molecule has 0 spiro atoms. The minimum absolute atomic E-state index is 0.519. The third-order valence-electron chi connectivity index (χ3n) is 2.02. The first-order chi connectivity index (χ1) is 6.68. The summed E-state index contributed by atoms with van der Waals surface area (Å²) < 4.78 is 16.0. The van der Waals surface area contributed by atoms with Crippen LogP contribution in [0.4, 0.5) is 4.39 Å². The highest BCUT2D eigenvalue weighted by atomic mass is 19.1. The molecule has 0 unspecified atom stereocenters. The zero-order valence-corrected chi connectivity index (χ0v) is 7.98. The Morgan fingerprint density at radius 2 is 2.21 bits per heavy atom. The summed E-state index contributed by atoms with van der Waals surface area (Å²) in [6.07, 6.45) is 1.17. The van der Waals surface area contributed by atoms with E-state index in [9.17, 15) is 4.39 Å². The molecule has 0 aliphatic carbocycles. The van der Waals surface area contributed by atoms with Crippen molar-refractivity contribution in [1.82, 2.24) is 14.8 Å². The molecule has 4 nitrogen and oxygen atoms in total. The molecule has 14 heavy (non-hydrogen) atoms. The van der Waals surface area contributed by atoms with Crippen LogP contribution in [-0.2, 0) is 14.1 Å². The van der Waals surface area contributed by atoms with Gasteiger partial charge in [0.1, 0.15) is 7.05 Å². The van der Waals surface area contributed by atoms with Crippen LogP contribution in [0.5, 0.6) is 0 Å². The molecule has 2 rings (SSSR count). The molecule has 0 saturated carbocycles. The van der Waals surface area contributed by atoms with Crippen molar-refractivity contribution in [3.63, 3.8) is 0 Å². The summed E-state index contributed by atoms with van der Waals surface area (Å²) in [4.78, 5) is 3.71. The quantitative estimate of drug-likeness (QED) is 0.616. The third kappa shape index (κ3) is 1.37. The molecule has 0 N–H and O–H groups in total. The van der Waals surface area contributed by atoms with Crippen LogP contribution in [0.1, 0.15) is 0 Å². The van der Waals surface area contributed by atoms with Gasteiger partial charge in [-0.25, -0.2) is 4.68 Å². The fourth-order valence-electron chi connectivity index (χ4n) is 1.33. The number of halogens is 1. The summed E-state index contributed by atoms with van der Waals surface area (Å²) in [5, 5.41) is 3.55. The van der Waals surface area contributed by atoms with E-state index in [1.54, 1.807) is 7.05 Å². The lowest BCUT2D eigenvalue weighted by Gasteiger charge is -1.96. The highest BCUT2D eigenvalue weighted by molar-refractivity contribution is 5.43. The van der Waals surface area contributed by atoms with Gasteiger partial charge in [0.05, 0.1) is 0 Å². The van der Waals surface area contributed by atoms with Crippen LogP contribution >= 0.6 is 0 Å². The molecule has 2 heterocycles. The second kappa shape index (κ2) is 3.17. The van der Waals surface area contributed by atoms with Gasteiger partial charge in [0, 0.05) is 19.2 Å². The van der Waals surface area contributed by atoms with E-state index in [2.05, 4.69) is 10.1 Å². The second-order valence-corrected chi connectivity index (χ2v) is 3.02. The van der Waals surface area contributed by atoms with Crippen molar-refractivity contribution < 1.29 is 8.96 Å². The molecule has 0 aliphatic heterocycles. The largest absolute Gasteiger partial charge is 0.327 e. The molecule has 2 aromatic heterocycles. The maximum Gasteiger partial charge on any atom is 0.327 e. The van der Waals surface area contributed by atoms with E-state index in [0.29, 0.717) is 5.82 Å². The SMILES string of the molecule is Cn1nc(F)nc1-c1cccc[n+]1C. The Kier molecular flexibility index (Phi) is 1.99. The smallest absolute Gasteiger partial charge is 0.241 e. The third-order valence-corrected chi connectivity index (χ3v) is 2.02. The number of hydrogen-bond donors (Lipinski definition) is 0. The van der Waals surface area contributed by atoms with E-state index < -0.39 is 6.08 Å². The maximum absolute atomic E-state index is 12.8. The number of aromatic nitrogens is 4. The predicted molar refractivity (Wildman–Crippen MR) is 47.6 cm³/mol. The fraction of sp³-hybridized carbons (Fsp3) is 0.222. The van der Waals surface area contributed by atoms with Crippen molar-refractivity contribution in [2.75, 3.05) is 0 Å². The average molecular weight is 193 g/mol. The Morgan fingerprint density at radius 3 is 2.79 bits per heavy atom. The van der Waals surface area contributed by atoms with Gasteiger partial charge in [-0.1, -0.05) is 0 Å². The Balaban J connectivity index is 2.60. The molecule has 5 heteroatoms. The Hall–Kier alpha value is -1.78. The Labute approximate surface area is 80.6 Å². The number of pyridine rings is 1. The molecular weight excluding hydrogens is 183 g/mol. The van der Waals surface area contributed by atoms with E-state index in [0.717, 1.165) is 5.69 Å². The second-order valence-electron chi connectivity index (χ2n) is 3.02. The van der Waals surface area contributed by atoms with Crippen LogP contribution in [0, 0.1) is 6.08 Å². The molecule has 2 aromatic rings. The molecular formula is C9H10FN4+. The zero-order chi connectivity index (χ0) is 10.1. The molecule has 0 aromatic carbocycles. The van der Waals surface area contributed by atoms with Crippen LogP contribution in [0.15, 0.2) is 24.4 Å². The molecule has 0 atom stereocenters. The van der Waals surface area contributed by atoms with Gasteiger partial charge in [-0.15, -0.1) is 5.10 Å². The van der Waals surface area contributed by atoms with Crippen LogP contribution in [0.2, 0.25) is 0 Å². The average Bonchev–Trinajstić information content (AvgIpc) is 2.46. The van der Waals surface area contributed by atoms with Crippen LogP contribution < -0.4 is 4.57 Å². The van der Waals surface area contributed by atoms with E-state index in [-0.39, 0.29) is 0 Å². The molecule has 0 aliphatic rings. The molecule has 0 saturated heterocycles. The molecule has 0 fully saturated rings. The first-order valence-corrected chi connectivity index (χ1v) is 4.20. The summed E-state index contributed by atoms with van der Waals surface area (Å²) in [7, 11) is 3.54. The zero-order valence-electron chi connectivity index (χ0n) is 7.98. The standard InChI is InChI=1S/C9H10FN4/c1-13-6-4-3-5-7(13)8-11-9(10)12-14(8)2/h3-6H,1-2H3/q+1. The summed E-state index contributed by atoms with van der Waals surface area (Å²) in [5.74, 6) is 0.519. The van der Waals surface area contributed by atoms with Crippen molar-refractivity contribution in [1.29, 1.82) is 0 Å². The molecule has 0 bridgehead atoms. The Bertz CT molecular complexity index is 464. The number of aryl methyl sites for hydroxylation is 2. The number of hydrogen-bond acceptors (Lipinski definition) is 2. The highest BCUT2D eigenvalue weighted by Gasteiger charge is 2.16. The minimum atomic E-state index is -0.702. The summed E-state index contributed by atoms with van der Waals surface area (Å²) >= 11 is 0. The maximum atomic E-state index is 12.8. The lowest BCUT2D eigenvalue weighted by molar-refractivity contribution is -0.660. The van der Waals surface area contributed by atoms with E-state index in [4.69, 9.17) is 0 Å². The van der Waals surface area contributed by atoms with Crippen molar-refractivity contribution in [2.45, 2.75) is 0 Å². The van der Waals surface area contributed by atoms with Gasteiger partial charge in [0.15, 0.2) is 6.20 Å². The topological polar surface area (TPSA) is 34.6 Å². The molecule has 0 radical (unpaired) electrons. The van der Waals surface area contributed by atoms with Gasteiger partial charge < -0.3 is 0 Å². The van der Waals surface area contributed by atoms with E-state index in [1.165, 1.54) is 4.68 Å². The van der Waals surface area contributed by atoms with Gasteiger partial charge in [-0.2, -0.15) is 13.9 Å². The first kappa shape index (κ1) is 8.80. The van der Waals surface area contributed by atoms with Gasteiger partial charge in [0.25, 0.3) is 0 Å². The van der Waals surface area contributed by atoms with Gasteiger partial charge in [0.2, 0.25) is 11.5 Å². The van der Waals surface area contributed by atoms with Crippen LogP contribution in [0.3, 0.4) is 0 Å². The van der Waals surface area contributed by atoms with Crippen molar-refractivity contribution in [3.05, 3.63) is 30.5 Å². The minimum Gasteiger partial charge on any atom is -0.241 e. The predicted octanol–water partition coefficient (Wildman–Crippen LogP) is 0.446. The lowest BCUT2D eigenvalue weighted by atomic mass is 10.3. The Morgan fingerprint density at radius 1 is 1.43 bits per heavy atom. The summed E-state index contributed by atoms with van der Waals surface area (Å²) in [5.41, 5.74) is 0.825. The van der Waals surface area contributed by atoms with Crippen LogP contribution in [0.25, 0.3) is 11.5 Å². The van der Waals surface area contributed by atoms with E-state index >= 15 is 0 Å². The van der Waals surface area contributed by atoms with Crippen LogP contribution in [-0.4, -0.2) is 14.8 Å². The van der Waals surface area contributed by atoms with Gasteiger partial charge in [-0.05, 0) is 6.07 Å².